The van der Waals surface area contributed by atoms with Crippen molar-refractivity contribution in [2.75, 3.05) is 26.3 Å². The minimum absolute atomic E-state index is 0. The molecule has 2 fully saturated rings. The third-order valence-corrected chi connectivity index (χ3v) is 5.28. The standard InChI is InChI=1S/C18H24N2O3.ClH/c19-11-13-3-1-2-6-20(13)18(21)15-10-14(15)12-4-5-16-17(9-12)23-8-7-22-16;/h4-5,9,13-15H,1-3,6-8,10-11,19H2;1H. The molecule has 0 aromatic heterocycles. The number of hydrogen-bond donors (Lipinski definition) is 1. The third-order valence-electron chi connectivity index (χ3n) is 5.28. The van der Waals surface area contributed by atoms with Crippen LogP contribution in [0.2, 0.25) is 0 Å². The molecule has 2 N–H and O–H groups in total. The molecule has 1 aromatic carbocycles. The molecule has 2 aliphatic heterocycles. The molecule has 0 spiro atoms. The first-order valence-corrected chi connectivity index (χ1v) is 8.68. The van der Waals surface area contributed by atoms with Crippen LogP contribution >= 0.6 is 12.4 Å². The molecule has 1 saturated heterocycles. The van der Waals surface area contributed by atoms with Crippen LogP contribution in [0.5, 0.6) is 11.5 Å². The molecule has 2 heterocycles. The number of benzene rings is 1. The molecule has 132 valence electrons. The van der Waals surface area contributed by atoms with Crippen molar-refractivity contribution in [1.29, 1.82) is 0 Å². The van der Waals surface area contributed by atoms with Gasteiger partial charge in [0.05, 0.1) is 0 Å². The fourth-order valence-corrected chi connectivity index (χ4v) is 3.88. The Morgan fingerprint density at radius 1 is 1.21 bits per heavy atom. The first kappa shape index (κ1) is 17.4. The third kappa shape index (κ3) is 3.20. The normalized spacial score (nSPS) is 28.0. The number of carbonyl (C=O) groups excluding carboxylic acids is 1. The quantitative estimate of drug-likeness (QED) is 0.906. The summed E-state index contributed by atoms with van der Waals surface area (Å²) in [7, 11) is 0. The van der Waals surface area contributed by atoms with E-state index < -0.39 is 0 Å². The number of rotatable bonds is 3. The molecule has 3 atom stereocenters. The van der Waals surface area contributed by atoms with E-state index in [0.29, 0.717) is 31.6 Å². The molecule has 1 aromatic rings. The van der Waals surface area contributed by atoms with Crippen LogP contribution in [0.15, 0.2) is 18.2 Å². The van der Waals surface area contributed by atoms with Crippen molar-refractivity contribution in [2.45, 2.75) is 37.6 Å². The Morgan fingerprint density at radius 3 is 2.79 bits per heavy atom. The Balaban J connectivity index is 0.00000169. The SMILES string of the molecule is Cl.NCC1CCCCN1C(=O)C1CC1c1ccc2c(c1)OCCO2. The van der Waals surface area contributed by atoms with Gasteiger partial charge in [0.15, 0.2) is 11.5 Å². The van der Waals surface area contributed by atoms with Crippen molar-refractivity contribution in [3.05, 3.63) is 23.8 Å². The van der Waals surface area contributed by atoms with Gasteiger partial charge in [0.25, 0.3) is 0 Å². The van der Waals surface area contributed by atoms with Crippen molar-refractivity contribution in [3.8, 4) is 11.5 Å². The number of nitrogens with two attached hydrogens (primary N) is 1. The van der Waals surface area contributed by atoms with Gasteiger partial charge >= 0.3 is 0 Å². The summed E-state index contributed by atoms with van der Waals surface area (Å²) in [6.07, 6.45) is 4.27. The zero-order valence-electron chi connectivity index (χ0n) is 13.8. The van der Waals surface area contributed by atoms with Crippen LogP contribution in [0.25, 0.3) is 0 Å². The molecule has 6 heteroatoms. The molecule has 0 bridgehead atoms. The number of carbonyl (C=O) groups is 1. The average molecular weight is 353 g/mol. The van der Waals surface area contributed by atoms with E-state index in [2.05, 4.69) is 6.07 Å². The lowest BCUT2D eigenvalue weighted by atomic mass is 10.0. The molecule has 3 aliphatic rings. The predicted octanol–water partition coefficient (Wildman–Crippen LogP) is 2.32. The van der Waals surface area contributed by atoms with E-state index in [1.165, 1.54) is 12.0 Å². The molecular weight excluding hydrogens is 328 g/mol. The molecule has 3 unspecified atom stereocenters. The second-order valence-corrected chi connectivity index (χ2v) is 6.77. The zero-order valence-corrected chi connectivity index (χ0v) is 14.6. The van der Waals surface area contributed by atoms with Gasteiger partial charge in [-0.05, 0) is 49.3 Å². The predicted molar refractivity (Wildman–Crippen MR) is 93.9 cm³/mol. The van der Waals surface area contributed by atoms with E-state index >= 15 is 0 Å². The lowest BCUT2D eigenvalue weighted by Gasteiger charge is -2.35. The minimum atomic E-state index is 0. The molecule has 1 saturated carbocycles. The summed E-state index contributed by atoms with van der Waals surface area (Å²) < 4.78 is 11.2. The molecular formula is C18H25ClN2O3. The highest BCUT2D eigenvalue weighted by molar-refractivity contribution is 5.85. The van der Waals surface area contributed by atoms with Gasteiger partial charge in [-0.25, -0.2) is 0 Å². The van der Waals surface area contributed by atoms with E-state index in [1.54, 1.807) is 0 Å². The highest BCUT2D eigenvalue weighted by Gasteiger charge is 2.47. The molecule has 5 nitrogen and oxygen atoms in total. The van der Waals surface area contributed by atoms with Crippen molar-refractivity contribution in [2.24, 2.45) is 11.7 Å². The largest absolute Gasteiger partial charge is 0.486 e. The molecule has 0 radical (unpaired) electrons. The van der Waals surface area contributed by atoms with Crippen LogP contribution in [0.3, 0.4) is 0 Å². The number of amides is 1. The fourth-order valence-electron chi connectivity index (χ4n) is 3.88. The van der Waals surface area contributed by atoms with Gasteiger partial charge in [-0.1, -0.05) is 6.07 Å². The second kappa shape index (κ2) is 7.19. The van der Waals surface area contributed by atoms with E-state index in [-0.39, 0.29) is 24.4 Å². The van der Waals surface area contributed by atoms with E-state index in [1.807, 2.05) is 17.0 Å². The smallest absolute Gasteiger partial charge is 0.226 e. The summed E-state index contributed by atoms with van der Waals surface area (Å²) in [6.45, 7) is 2.64. The Labute approximate surface area is 148 Å². The topological polar surface area (TPSA) is 64.8 Å². The maximum absolute atomic E-state index is 12.8. The van der Waals surface area contributed by atoms with Crippen LogP contribution in [-0.2, 0) is 4.79 Å². The van der Waals surface area contributed by atoms with Crippen LogP contribution in [-0.4, -0.2) is 43.2 Å². The number of hydrogen-bond acceptors (Lipinski definition) is 4. The van der Waals surface area contributed by atoms with Crippen molar-refractivity contribution < 1.29 is 14.3 Å². The Kier molecular flexibility index (Phi) is 5.21. The highest BCUT2D eigenvalue weighted by Crippen LogP contribution is 2.50. The van der Waals surface area contributed by atoms with Gasteiger partial charge in [-0.15, -0.1) is 12.4 Å². The number of likely N-dealkylation sites (tertiary alicyclic amines) is 1. The zero-order chi connectivity index (χ0) is 15.8. The Bertz CT molecular complexity index is 610. The Hall–Kier alpha value is -1.46. The second-order valence-electron chi connectivity index (χ2n) is 6.77. The van der Waals surface area contributed by atoms with Gasteiger partial charge in [0.2, 0.25) is 5.91 Å². The van der Waals surface area contributed by atoms with Crippen LogP contribution in [0.4, 0.5) is 0 Å². The van der Waals surface area contributed by atoms with Crippen LogP contribution < -0.4 is 15.2 Å². The maximum atomic E-state index is 12.8. The first-order chi connectivity index (χ1) is 11.3. The van der Waals surface area contributed by atoms with Crippen LogP contribution in [0.1, 0.15) is 37.2 Å². The minimum Gasteiger partial charge on any atom is -0.486 e. The fraction of sp³-hybridized carbons (Fsp3) is 0.611. The summed E-state index contributed by atoms with van der Waals surface area (Å²) in [5.41, 5.74) is 7.04. The van der Waals surface area contributed by atoms with Crippen molar-refractivity contribution in [3.63, 3.8) is 0 Å². The van der Waals surface area contributed by atoms with Crippen molar-refractivity contribution in [1.82, 2.24) is 4.90 Å². The van der Waals surface area contributed by atoms with E-state index in [4.69, 9.17) is 15.2 Å². The number of nitrogens with zero attached hydrogens (tertiary/aromatic N) is 1. The van der Waals surface area contributed by atoms with Crippen molar-refractivity contribution >= 4 is 18.3 Å². The monoisotopic (exact) mass is 352 g/mol. The number of ether oxygens (including phenoxy) is 2. The lowest BCUT2D eigenvalue weighted by Crippen LogP contribution is -2.48. The summed E-state index contributed by atoms with van der Waals surface area (Å²) in [6, 6.07) is 6.32. The van der Waals surface area contributed by atoms with Gasteiger partial charge in [-0.3, -0.25) is 4.79 Å². The molecule has 24 heavy (non-hydrogen) atoms. The lowest BCUT2D eigenvalue weighted by molar-refractivity contribution is -0.136. The summed E-state index contributed by atoms with van der Waals surface area (Å²) in [5.74, 6) is 2.34. The van der Waals surface area contributed by atoms with Gasteiger partial charge in [-0.2, -0.15) is 0 Å². The average Bonchev–Trinajstić information content (AvgIpc) is 3.41. The van der Waals surface area contributed by atoms with Gasteiger partial charge in [0.1, 0.15) is 13.2 Å². The Morgan fingerprint density at radius 2 is 2.00 bits per heavy atom. The van der Waals surface area contributed by atoms with E-state index in [0.717, 1.165) is 37.3 Å². The summed E-state index contributed by atoms with van der Waals surface area (Å²) in [4.78, 5) is 14.9. The molecule has 1 aliphatic carbocycles. The summed E-state index contributed by atoms with van der Waals surface area (Å²) >= 11 is 0. The maximum Gasteiger partial charge on any atom is 0.226 e. The van der Waals surface area contributed by atoms with Gasteiger partial charge < -0.3 is 20.1 Å². The van der Waals surface area contributed by atoms with E-state index in [9.17, 15) is 4.79 Å². The summed E-state index contributed by atoms with van der Waals surface area (Å²) in [5, 5.41) is 0. The highest BCUT2D eigenvalue weighted by atomic mass is 35.5. The number of fused-ring (bicyclic) bond motifs is 1. The first-order valence-electron chi connectivity index (χ1n) is 8.68. The van der Waals surface area contributed by atoms with Crippen LogP contribution in [0, 0.1) is 5.92 Å². The number of halogens is 1. The molecule has 1 amide bonds. The number of piperidine rings is 1. The molecule has 4 rings (SSSR count). The van der Waals surface area contributed by atoms with Gasteiger partial charge in [0, 0.05) is 25.0 Å².